The van der Waals surface area contributed by atoms with Gasteiger partial charge in [-0.2, -0.15) is 5.10 Å². The molecule has 2 aliphatic carbocycles. The van der Waals surface area contributed by atoms with Gasteiger partial charge in [-0.15, -0.1) is 8.78 Å². The fraction of sp³-hybridized carbons (Fsp3) is 0.333. The molecule has 2 aromatic heterocycles. The first kappa shape index (κ1) is 24.1. The van der Waals surface area contributed by atoms with Gasteiger partial charge in [0.1, 0.15) is 15.9 Å². The fourth-order valence-electron chi connectivity index (χ4n) is 4.67. The number of carbonyl (C=O) groups is 2. The predicted molar refractivity (Wildman–Crippen MR) is 132 cm³/mol. The molecule has 37 heavy (non-hydrogen) atoms. The molecule has 0 bridgehead atoms. The molecule has 6 rings (SSSR count). The molecule has 192 valence electrons. The molecule has 3 aliphatic rings. The maximum Gasteiger partial charge on any atom is 0.586 e. The van der Waals surface area contributed by atoms with E-state index in [-0.39, 0.29) is 39.1 Å². The first-order valence-corrected chi connectivity index (χ1v) is 12.7. The van der Waals surface area contributed by atoms with Gasteiger partial charge in [0.2, 0.25) is 0 Å². The number of hydrogen-bond acceptors (Lipinski definition) is 6. The van der Waals surface area contributed by atoms with E-state index in [4.69, 9.17) is 16.3 Å². The third-order valence-electron chi connectivity index (χ3n) is 6.72. The molecule has 13 heteroatoms. The first-order valence-electron chi connectivity index (χ1n) is 11.5. The molecular weight excluding hydrogens is 576 g/mol. The Labute approximate surface area is 222 Å². The lowest BCUT2D eigenvalue weighted by Gasteiger charge is -2.20. The van der Waals surface area contributed by atoms with Crippen LogP contribution in [0.25, 0.3) is 5.82 Å². The number of aromatic nitrogens is 3. The van der Waals surface area contributed by atoms with Gasteiger partial charge < -0.3 is 20.1 Å². The molecular formula is C24H19BrClF2N5O4. The summed E-state index contributed by atoms with van der Waals surface area (Å²) < 4.78 is 39.0. The average Bonchev–Trinajstić information content (AvgIpc) is 3.74. The van der Waals surface area contributed by atoms with Crippen molar-refractivity contribution < 1.29 is 27.8 Å². The Bertz CT molecular complexity index is 1470. The molecule has 9 nitrogen and oxygen atoms in total. The zero-order chi connectivity index (χ0) is 26.1. The number of pyridine rings is 1. The van der Waals surface area contributed by atoms with Gasteiger partial charge in [-0.25, -0.2) is 9.67 Å². The van der Waals surface area contributed by atoms with Gasteiger partial charge in [0.25, 0.3) is 11.8 Å². The number of alkyl halides is 2. The lowest BCUT2D eigenvalue weighted by molar-refractivity contribution is -0.286. The van der Waals surface area contributed by atoms with Crippen LogP contribution in [0.15, 0.2) is 35.1 Å². The summed E-state index contributed by atoms with van der Waals surface area (Å²) in [4.78, 5) is 31.2. The Morgan fingerprint density at radius 3 is 2.65 bits per heavy atom. The van der Waals surface area contributed by atoms with E-state index in [9.17, 15) is 18.4 Å². The van der Waals surface area contributed by atoms with Crippen molar-refractivity contribution in [3.63, 3.8) is 0 Å². The Morgan fingerprint density at radius 1 is 1.22 bits per heavy atom. The molecule has 2 fully saturated rings. The van der Waals surface area contributed by atoms with Crippen LogP contribution in [0.2, 0.25) is 5.02 Å². The van der Waals surface area contributed by atoms with E-state index in [0.29, 0.717) is 16.1 Å². The van der Waals surface area contributed by atoms with E-state index in [0.717, 1.165) is 25.7 Å². The topological polar surface area (TPSA) is 107 Å². The van der Waals surface area contributed by atoms with Crippen molar-refractivity contribution in [3.05, 3.63) is 56.9 Å². The fourth-order valence-corrected chi connectivity index (χ4v) is 5.25. The standard InChI is InChI=1S/C24H19BrClF2N5O4/c1-11-9-15-19(37-24(27,28)36-15)17(22(35)31-23(6-7-23)12-4-5-12)18(11)30-21(34)14-10-16(25)32-33(14)20-13(26)3-2-8-29-20/h2-3,8-10,12H,4-7H2,1H3,(H,30,34)(H,31,35). The molecule has 2 N–H and O–H groups in total. The second-order valence-electron chi connectivity index (χ2n) is 9.35. The van der Waals surface area contributed by atoms with Gasteiger partial charge in [-0.05, 0) is 78.2 Å². The summed E-state index contributed by atoms with van der Waals surface area (Å²) >= 11 is 9.52. The predicted octanol–water partition coefficient (Wildman–Crippen LogP) is 5.24. The van der Waals surface area contributed by atoms with E-state index in [1.165, 1.54) is 23.0 Å². The van der Waals surface area contributed by atoms with Gasteiger partial charge >= 0.3 is 6.29 Å². The number of halogens is 4. The number of hydrogen-bond donors (Lipinski definition) is 2. The van der Waals surface area contributed by atoms with Crippen LogP contribution >= 0.6 is 27.5 Å². The number of aryl methyl sites for hydroxylation is 1. The smallest absolute Gasteiger partial charge is 0.395 e. The summed E-state index contributed by atoms with van der Waals surface area (Å²) in [7, 11) is 0. The SMILES string of the molecule is Cc1cc2c(c(C(=O)NC3(C4CC4)CC3)c1NC(=O)c1cc(Br)nn1-c1ncccc1Cl)OC(F)(F)O2. The molecule has 1 aromatic carbocycles. The van der Waals surface area contributed by atoms with Crippen molar-refractivity contribution in [1.29, 1.82) is 0 Å². The quantitative estimate of drug-likeness (QED) is 0.404. The molecule has 0 radical (unpaired) electrons. The second kappa shape index (κ2) is 8.38. The van der Waals surface area contributed by atoms with Gasteiger partial charge in [-0.1, -0.05) is 11.6 Å². The lowest BCUT2D eigenvalue weighted by Crippen LogP contribution is -2.39. The average molecular weight is 595 g/mol. The monoisotopic (exact) mass is 593 g/mol. The highest BCUT2D eigenvalue weighted by Gasteiger charge is 2.55. The minimum Gasteiger partial charge on any atom is -0.395 e. The number of amides is 2. The highest BCUT2D eigenvalue weighted by atomic mass is 79.9. The van der Waals surface area contributed by atoms with E-state index in [2.05, 4.69) is 41.4 Å². The molecule has 0 saturated heterocycles. The van der Waals surface area contributed by atoms with Crippen LogP contribution in [0.5, 0.6) is 11.5 Å². The number of carbonyl (C=O) groups excluding carboxylic acids is 2. The van der Waals surface area contributed by atoms with Gasteiger partial charge in [0.15, 0.2) is 17.3 Å². The largest absolute Gasteiger partial charge is 0.586 e. The van der Waals surface area contributed by atoms with Crippen molar-refractivity contribution in [3.8, 4) is 17.3 Å². The van der Waals surface area contributed by atoms with Crippen LogP contribution in [-0.2, 0) is 0 Å². The van der Waals surface area contributed by atoms with Crippen LogP contribution in [0, 0.1) is 12.8 Å². The molecule has 2 amide bonds. The van der Waals surface area contributed by atoms with E-state index in [1.807, 2.05) is 0 Å². The van der Waals surface area contributed by atoms with Crippen LogP contribution in [0.1, 0.15) is 52.1 Å². The number of rotatable bonds is 6. The summed E-state index contributed by atoms with van der Waals surface area (Å²) in [5.74, 6) is -1.44. The van der Waals surface area contributed by atoms with E-state index < -0.39 is 23.9 Å². The summed E-state index contributed by atoms with van der Waals surface area (Å²) in [5.41, 5.74) is -0.191. The number of anilines is 1. The molecule has 0 spiro atoms. The van der Waals surface area contributed by atoms with Crippen molar-refractivity contribution in [1.82, 2.24) is 20.1 Å². The Hall–Kier alpha value is -3.25. The highest BCUT2D eigenvalue weighted by molar-refractivity contribution is 9.10. The van der Waals surface area contributed by atoms with E-state index in [1.54, 1.807) is 19.1 Å². The maximum atomic E-state index is 14.0. The lowest BCUT2D eigenvalue weighted by atomic mass is 10.0. The van der Waals surface area contributed by atoms with Crippen molar-refractivity contribution >= 4 is 45.0 Å². The van der Waals surface area contributed by atoms with Crippen molar-refractivity contribution in [2.75, 3.05) is 5.32 Å². The number of nitrogens with zero attached hydrogens (tertiary/aromatic N) is 3. The van der Waals surface area contributed by atoms with Crippen molar-refractivity contribution in [2.24, 2.45) is 5.92 Å². The molecule has 0 atom stereocenters. The Kier molecular flexibility index (Phi) is 5.46. The van der Waals surface area contributed by atoms with Gasteiger partial charge in [0, 0.05) is 17.8 Å². The zero-order valence-corrected chi connectivity index (χ0v) is 21.6. The van der Waals surface area contributed by atoms with Gasteiger partial charge in [-0.3, -0.25) is 9.59 Å². The third kappa shape index (κ3) is 4.31. The molecule has 0 unspecified atom stereocenters. The number of fused-ring (bicyclic) bond motifs is 1. The summed E-state index contributed by atoms with van der Waals surface area (Å²) in [6, 6.07) is 5.97. The molecule has 1 aliphatic heterocycles. The summed E-state index contributed by atoms with van der Waals surface area (Å²) in [5, 5.41) is 10.2. The molecule has 3 aromatic rings. The minimum absolute atomic E-state index is 0.0186. The summed E-state index contributed by atoms with van der Waals surface area (Å²) in [6.07, 6.45) is 1.18. The van der Waals surface area contributed by atoms with Crippen LogP contribution in [0.4, 0.5) is 14.5 Å². The number of ether oxygens (including phenoxy) is 2. The molecule has 3 heterocycles. The highest BCUT2D eigenvalue weighted by Crippen LogP contribution is 2.54. The second-order valence-corrected chi connectivity index (χ2v) is 10.6. The number of benzene rings is 1. The Balaban J connectivity index is 1.40. The minimum atomic E-state index is -3.95. The summed E-state index contributed by atoms with van der Waals surface area (Å²) in [6.45, 7) is 1.57. The van der Waals surface area contributed by atoms with Crippen LogP contribution in [-0.4, -0.2) is 38.4 Å². The van der Waals surface area contributed by atoms with E-state index >= 15 is 0 Å². The first-order chi connectivity index (χ1) is 17.6. The van der Waals surface area contributed by atoms with Gasteiger partial charge in [0.05, 0.1) is 10.7 Å². The normalized spacial score (nSPS) is 18.4. The van der Waals surface area contributed by atoms with Crippen LogP contribution < -0.4 is 20.1 Å². The maximum absolute atomic E-state index is 14.0. The number of nitrogens with one attached hydrogen (secondary N) is 2. The zero-order valence-electron chi connectivity index (χ0n) is 19.3. The Morgan fingerprint density at radius 2 is 1.97 bits per heavy atom. The molecule has 2 saturated carbocycles. The van der Waals surface area contributed by atoms with Crippen molar-refractivity contribution in [2.45, 2.75) is 44.4 Å². The third-order valence-corrected chi connectivity index (χ3v) is 7.40. The van der Waals surface area contributed by atoms with Crippen LogP contribution in [0.3, 0.4) is 0 Å².